The molecule has 1 aromatic carbocycles. The normalized spacial score (nSPS) is 10.2. The van der Waals surface area contributed by atoms with Gasteiger partial charge >= 0.3 is 0 Å². The number of carbonyl (C=O) groups is 1. The third kappa shape index (κ3) is 2.53. The van der Waals surface area contributed by atoms with Crippen molar-refractivity contribution in [1.29, 1.82) is 0 Å². The van der Waals surface area contributed by atoms with Crippen LogP contribution in [0.2, 0.25) is 0 Å². The van der Waals surface area contributed by atoms with E-state index in [9.17, 15) is 4.79 Å². The Bertz CT molecular complexity index is 532. The molecule has 0 aliphatic heterocycles. The predicted molar refractivity (Wildman–Crippen MR) is 64.4 cm³/mol. The van der Waals surface area contributed by atoms with Crippen LogP contribution in [0.1, 0.15) is 28.7 Å². The molecule has 0 aliphatic rings. The van der Waals surface area contributed by atoms with Crippen molar-refractivity contribution < 1.29 is 9.53 Å². The topological polar surface area (TPSA) is 55.0 Å². The minimum Gasteiger partial charge on any atom is -0.496 e. The molecule has 0 bridgehead atoms. The summed E-state index contributed by atoms with van der Waals surface area (Å²) in [5.41, 5.74) is 2.43. The van der Waals surface area contributed by atoms with Crippen molar-refractivity contribution in [3.8, 4) is 5.75 Å². The highest BCUT2D eigenvalue weighted by atomic mass is 16.5. The van der Waals surface area contributed by atoms with Crippen molar-refractivity contribution >= 4 is 5.78 Å². The molecule has 0 spiro atoms. The van der Waals surface area contributed by atoms with Crippen LogP contribution < -0.4 is 4.74 Å². The number of ether oxygens (including phenoxy) is 1. The van der Waals surface area contributed by atoms with Crippen LogP contribution in [0.3, 0.4) is 0 Å². The molecular weight excluding hydrogens is 216 g/mol. The van der Waals surface area contributed by atoms with E-state index in [0.29, 0.717) is 12.1 Å². The quantitative estimate of drug-likeness (QED) is 0.819. The van der Waals surface area contributed by atoms with Gasteiger partial charge < -0.3 is 4.74 Å². The van der Waals surface area contributed by atoms with E-state index in [2.05, 4.69) is 10.2 Å². The van der Waals surface area contributed by atoms with Crippen LogP contribution >= 0.6 is 0 Å². The highest BCUT2D eigenvalue weighted by Crippen LogP contribution is 2.20. The van der Waals surface area contributed by atoms with E-state index in [-0.39, 0.29) is 5.78 Å². The van der Waals surface area contributed by atoms with Crippen molar-refractivity contribution in [3.63, 3.8) is 0 Å². The summed E-state index contributed by atoms with van der Waals surface area (Å²) in [4.78, 5) is 11.1. The van der Waals surface area contributed by atoms with E-state index in [0.717, 1.165) is 17.0 Å². The third-order valence-electron chi connectivity index (χ3n) is 2.57. The Morgan fingerprint density at radius 1 is 1.41 bits per heavy atom. The smallest absolute Gasteiger partial charge is 0.179 e. The molecule has 0 radical (unpaired) electrons. The minimum atomic E-state index is -0.0347. The number of aromatic amines is 1. The van der Waals surface area contributed by atoms with Crippen LogP contribution in [0.5, 0.6) is 5.75 Å². The number of hydrogen-bond donors (Lipinski definition) is 1. The Kier molecular flexibility index (Phi) is 3.23. The van der Waals surface area contributed by atoms with Gasteiger partial charge in [-0.25, -0.2) is 0 Å². The van der Waals surface area contributed by atoms with E-state index < -0.39 is 0 Å². The number of rotatable bonds is 4. The standard InChI is InChI=1S/C13H14N2O2/c1-9(16)12-8-11(14-15-12)7-10-5-3-4-6-13(10)17-2/h3-6,8H,7H2,1-2H3,(H,14,15). The molecule has 1 aromatic heterocycles. The lowest BCUT2D eigenvalue weighted by Crippen LogP contribution is -1.93. The van der Waals surface area contributed by atoms with Gasteiger partial charge in [0.2, 0.25) is 0 Å². The average molecular weight is 230 g/mol. The lowest BCUT2D eigenvalue weighted by molar-refractivity contribution is 0.101. The Morgan fingerprint density at radius 2 is 2.18 bits per heavy atom. The van der Waals surface area contributed by atoms with Gasteiger partial charge in [-0.05, 0) is 12.1 Å². The van der Waals surface area contributed by atoms with Crippen LogP contribution in [-0.2, 0) is 6.42 Å². The van der Waals surface area contributed by atoms with E-state index in [1.165, 1.54) is 6.92 Å². The van der Waals surface area contributed by atoms with E-state index in [1.54, 1.807) is 13.2 Å². The molecule has 0 amide bonds. The predicted octanol–water partition coefficient (Wildman–Crippen LogP) is 2.21. The zero-order valence-electron chi connectivity index (χ0n) is 9.86. The van der Waals surface area contributed by atoms with Gasteiger partial charge in [0.1, 0.15) is 11.4 Å². The highest BCUT2D eigenvalue weighted by molar-refractivity contribution is 5.92. The second kappa shape index (κ2) is 4.82. The lowest BCUT2D eigenvalue weighted by Gasteiger charge is -2.06. The van der Waals surface area contributed by atoms with Gasteiger partial charge in [-0.1, -0.05) is 18.2 Å². The first-order chi connectivity index (χ1) is 8.20. The van der Waals surface area contributed by atoms with Crippen molar-refractivity contribution in [2.24, 2.45) is 0 Å². The van der Waals surface area contributed by atoms with Crippen LogP contribution in [0.25, 0.3) is 0 Å². The maximum absolute atomic E-state index is 11.1. The zero-order chi connectivity index (χ0) is 12.3. The number of aromatic nitrogens is 2. The Labute approximate surface area is 99.6 Å². The fraction of sp³-hybridized carbons (Fsp3) is 0.231. The van der Waals surface area contributed by atoms with Gasteiger partial charge in [-0.3, -0.25) is 9.89 Å². The molecule has 2 rings (SSSR count). The number of ketones is 1. The molecule has 88 valence electrons. The number of H-pyrrole nitrogens is 1. The first-order valence-electron chi connectivity index (χ1n) is 5.38. The minimum absolute atomic E-state index is 0.0347. The molecule has 0 fully saturated rings. The molecular formula is C13H14N2O2. The largest absolute Gasteiger partial charge is 0.496 e. The van der Waals surface area contributed by atoms with Crippen molar-refractivity contribution in [2.45, 2.75) is 13.3 Å². The SMILES string of the molecule is COc1ccccc1Cc1cc(C(C)=O)n[nH]1. The van der Waals surface area contributed by atoms with Gasteiger partial charge in [0, 0.05) is 24.6 Å². The number of carbonyl (C=O) groups excluding carboxylic acids is 1. The molecule has 4 heteroatoms. The summed E-state index contributed by atoms with van der Waals surface area (Å²) in [6, 6.07) is 9.57. The van der Waals surface area contributed by atoms with E-state index in [1.807, 2.05) is 24.3 Å². The van der Waals surface area contributed by atoms with Crippen LogP contribution in [0.4, 0.5) is 0 Å². The number of hydrogen-bond acceptors (Lipinski definition) is 3. The number of Topliss-reactive ketones (excluding diaryl/α,β-unsaturated/α-hetero) is 1. The molecule has 1 heterocycles. The van der Waals surface area contributed by atoms with Gasteiger partial charge in [-0.15, -0.1) is 0 Å². The zero-order valence-corrected chi connectivity index (χ0v) is 9.86. The fourth-order valence-electron chi connectivity index (χ4n) is 1.69. The van der Waals surface area contributed by atoms with Gasteiger partial charge in [0.25, 0.3) is 0 Å². The second-order valence-electron chi connectivity index (χ2n) is 3.82. The monoisotopic (exact) mass is 230 g/mol. The molecule has 0 atom stereocenters. The molecule has 4 nitrogen and oxygen atoms in total. The molecule has 17 heavy (non-hydrogen) atoms. The Balaban J connectivity index is 2.22. The van der Waals surface area contributed by atoms with Gasteiger partial charge in [0.05, 0.1) is 7.11 Å². The molecule has 0 saturated carbocycles. The summed E-state index contributed by atoms with van der Waals surface area (Å²) < 4.78 is 5.27. The average Bonchev–Trinajstić information content (AvgIpc) is 2.78. The second-order valence-corrected chi connectivity index (χ2v) is 3.82. The first-order valence-corrected chi connectivity index (χ1v) is 5.38. The van der Waals surface area contributed by atoms with Crippen molar-refractivity contribution in [2.75, 3.05) is 7.11 Å². The summed E-state index contributed by atoms with van der Waals surface area (Å²) >= 11 is 0. The number of nitrogens with one attached hydrogen (secondary N) is 1. The van der Waals surface area contributed by atoms with Crippen LogP contribution in [0, 0.1) is 0 Å². The van der Waals surface area contributed by atoms with Crippen LogP contribution in [-0.4, -0.2) is 23.1 Å². The molecule has 0 aliphatic carbocycles. The number of nitrogens with zero attached hydrogens (tertiary/aromatic N) is 1. The Morgan fingerprint density at radius 3 is 2.82 bits per heavy atom. The van der Waals surface area contributed by atoms with E-state index >= 15 is 0 Å². The summed E-state index contributed by atoms with van der Waals surface area (Å²) in [6.45, 7) is 1.50. The molecule has 2 aromatic rings. The number of methoxy groups -OCH3 is 1. The molecule has 1 N–H and O–H groups in total. The lowest BCUT2D eigenvalue weighted by atomic mass is 10.1. The summed E-state index contributed by atoms with van der Waals surface area (Å²) in [5, 5.41) is 6.81. The number of para-hydroxylation sites is 1. The van der Waals surface area contributed by atoms with E-state index in [4.69, 9.17) is 4.74 Å². The molecule has 0 unspecified atom stereocenters. The highest BCUT2D eigenvalue weighted by Gasteiger charge is 2.08. The summed E-state index contributed by atoms with van der Waals surface area (Å²) in [5.74, 6) is 0.805. The van der Waals surface area contributed by atoms with Crippen molar-refractivity contribution in [1.82, 2.24) is 10.2 Å². The molecule has 0 saturated heterocycles. The van der Waals surface area contributed by atoms with Gasteiger partial charge in [-0.2, -0.15) is 5.10 Å². The van der Waals surface area contributed by atoms with Crippen molar-refractivity contribution in [3.05, 3.63) is 47.3 Å². The summed E-state index contributed by atoms with van der Waals surface area (Å²) in [6.07, 6.45) is 0.671. The first kappa shape index (κ1) is 11.4. The summed E-state index contributed by atoms with van der Waals surface area (Å²) in [7, 11) is 1.65. The third-order valence-corrected chi connectivity index (χ3v) is 2.57. The number of benzene rings is 1. The van der Waals surface area contributed by atoms with Gasteiger partial charge in [0.15, 0.2) is 5.78 Å². The fourth-order valence-corrected chi connectivity index (χ4v) is 1.69. The maximum atomic E-state index is 11.1. The Hall–Kier alpha value is -2.10. The maximum Gasteiger partial charge on any atom is 0.179 e. The van der Waals surface area contributed by atoms with Crippen LogP contribution in [0.15, 0.2) is 30.3 Å².